The fourth-order valence-corrected chi connectivity index (χ4v) is 4.72. The summed E-state index contributed by atoms with van der Waals surface area (Å²) in [7, 11) is -3.98. The van der Waals surface area contributed by atoms with Crippen LogP contribution in [0.5, 0.6) is 0 Å². The molecule has 27 heavy (non-hydrogen) atoms. The summed E-state index contributed by atoms with van der Waals surface area (Å²) in [6.45, 7) is 3.16. The summed E-state index contributed by atoms with van der Waals surface area (Å²) in [5.41, 5.74) is 0.862. The van der Waals surface area contributed by atoms with Crippen LogP contribution in [0.3, 0.4) is 0 Å². The Labute approximate surface area is 165 Å². The second kappa shape index (κ2) is 8.88. The molecule has 9 heteroatoms. The predicted molar refractivity (Wildman–Crippen MR) is 108 cm³/mol. The normalized spacial score (nSPS) is 16.0. The molecular formula is C18H23ClFN3O3S. The fourth-order valence-electron chi connectivity index (χ4n) is 2.98. The van der Waals surface area contributed by atoms with Crippen molar-refractivity contribution in [3.8, 4) is 0 Å². The Morgan fingerprint density at radius 1 is 1.07 bits per heavy atom. The minimum atomic E-state index is -3.98. The van der Waals surface area contributed by atoms with Gasteiger partial charge < -0.3 is 10.4 Å². The second-order valence-electron chi connectivity index (χ2n) is 6.03. The standard InChI is InChI=1S/C18H22FN3O3S.ClH/c1-2-20-13-14(23)11-12-21-17-9-5-6-10-18(17)22(26(21,24)25)16-8-4-3-7-15(16)19;/h3-10,14,20,23H,2,11-13H2,1H3;1H/t14-;/m0./s1. The van der Waals surface area contributed by atoms with Gasteiger partial charge in [0.25, 0.3) is 0 Å². The Balaban J connectivity index is 0.00000261. The van der Waals surface area contributed by atoms with Gasteiger partial charge >= 0.3 is 10.2 Å². The van der Waals surface area contributed by atoms with Crippen molar-refractivity contribution in [3.05, 3.63) is 54.3 Å². The Morgan fingerprint density at radius 2 is 1.67 bits per heavy atom. The number of hydrogen-bond donors (Lipinski definition) is 2. The van der Waals surface area contributed by atoms with Gasteiger partial charge in [-0.05, 0) is 37.2 Å². The summed E-state index contributed by atoms with van der Waals surface area (Å²) in [5, 5.41) is 13.1. The quantitative estimate of drug-likeness (QED) is 0.729. The monoisotopic (exact) mass is 415 g/mol. The lowest BCUT2D eigenvalue weighted by molar-refractivity contribution is 0.165. The molecule has 0 unspecified atom stereocenters. The molecule has 1 atom stereocenters. The van der Waals surface area contributed by atoms with Crippen molar-refractivity contribution in [3.63, 3.8) is 0 Å². The van der Waals surface area contributed by atoms with Crippen LogP contribution in [0.15, 0.2) is 48.5 Å². The highest BCUT2D eigenvalue weighted by Crippen LogP contribution is 2.45. The van der Waals surface area contributed by atoms with E-state index >= 15 is 0 Å². The molecule has 0 amide bonds. The molecule has 0 aliphatic carbocycles. The zero-order valence-corrected chi connectivity index (χ0v) is 16.5. The van der Waals surface area contributed by atoms with Gasteiger partial charge in [-0.2, -0.15) is 8.42 Å². The lowest BCUT2D eigenvalue weighted by Crippen LogP contribution is -2.38. The maximum Gasteiger partial charge on any atom is 0.331 e. The molecule has 0 aromatic heterocycles. The number of aliphatic hydroxyl groups is 1. The number of para-hydroxylation sites is 3. The van der Waals surface area contributed by atoms with E-state index in [2.05, 4.69) is 5.32 Å². The van der Waals surface area contributed by atoms with E-state index in [4.69, 9.17) is 0 Å². The Kier molecular flexibility index (Phi) is 7.05. The van der Waals surface area contributed by atoms with E-state index in [1.54, 1.807) is 30.3 Å². The smallest absolute Gasteiger partial charge is 0.331 e. The molecule has 0 spiro atoms. The van der Waals surface area contributed by atoms with Crippen molar-refractivity contribution in [2.24, 2.45) is 0 Å². The van der Waals surface area contributed by atoms with Crippen LogP contribution in [0.2, 0.25) is 0 Å². The Morgan fingerprint density at radius 3 is 2.30 bits per heavy atom. The molecule has 2 aromatic carbocycles. The van der Waals surface area contributed by atoms with Gasteiger partial charge in [-0.3, -0.25) is 4.31 Å². The van der Waals surface area contributed by atoms with E-state index in [1.807, 2.05) is 6.92 Å². The van der Waals surface area contributed by atoms with E-state index in [0.29, 0.717) is 17.9 Å². The number of likely N-dealkylation sites (N-methyl/N-ethyl adjacent to an activating group) is 1. The summed E-state index contributed by atoms with van der Waals surface area (Å²) >= 11 is 0. The number of aliphatic hydroxyl groups excluding tert-OH is 1. The largest absolute Gasteiger partial charge is 0.392 e. The third-order valence-electron chi connectivity index (χ3n) is 4.25. The minimum absolute atomic E-state index is 0. The first-order valence-electron chi connectivity index (χ1n) is 8.52. The topological polar surface area (TPSA) is 72.9 Å². The number of nitrogens with one attached hydrogen (secondary N) is 1. The molecule has 0 saturated heterocycles. The van der Waals surface area contributed by atoms with Gasteiger partial charge in [0, 0.05) is 13.1 Å². The zero-order valence-electron chi connectivity index (χ0n) is 14.9. The molecule has 2 aromatic rings. The number of benzene rings is 2. The maximum atomic E-state index is 14.3. The van der Waals surface area contributed by atoms with Crippen LogP contribution in [0.4, 0.5) is 21.5 Å². The molecule has 3 rings (SSSR count). The average Bonchev–Trinajstić information content (AvgIpc) is 2.85. The summed E-state index contributed by atoms with van der Waals surface area (Å²) in [6, 6.07) is 12.6. The summed E-state index contributed by atoms with van der Waals surface area (Å²) < 4.78 is 42.8. The maximum absolute atomic E-state index is 14.3. The highest BCUT2D eigenvalue weighted by molar-refractivity contribution is 7.95. The summed E-state index contributed by atoms with van der Waals surface area (Å²) in [4.78, 5) is 0. The van der Waals surface area contributed by atoms with E-state index in [0.717, 1.165) is 10.8 Å². The van der Waals surface area contributed by atoms with Gasteiger partial charge in [0.2, 0.25) is 0 Å². The van der Waals surface area contributed by atoms with Gasteiger partial charge in [0.1, 0.15) is 5.82 Å². The number of rotatable bonds is 7. The Bertz CT molecular complexity index is 882. The second-order valence-corrected chi connectivity index (χ2v) is 7.74. The molecule has 0 fully saturated rings. The van der Waals surface area contributed by atoms with Crippen molar-refractivity contribution in [1.82, 2.24) is 5.32 Å². The molecule has 148 valence electrons. The first kappa shape index (κ1) is 21.4. The van der Waals surface area contributed by atoms with Crippen molar-refractivity contribution in [1.29, 1.82) is 0 Å². The number of fused-ring (bicyclic) bond motifs is 1. The molecule has 6 nitrogen and oxygen atoms in total. The highest BCUT2D eigenvalue weighted by Gasteiger charge is 2.42. The van der Waals surface area contributed by atoms with Crippen LogP contribution in [-0.4, -0.2) is 39.3 Å². The van der Waals surface area contributed by atoms with Crippen molar-refractivity contribution < 1.29 is 17.9 Å². The molecular weight excluding hydrogens is 393 g/mol. The van der Waals surface area contributed by atoms with Crippen LogP contribution in [-0.2, 0) is 10.2 Å². The first-order valence-corrected chi connectivity index (χ1v) is 9.92. The molecule has 0 radical (unpaired) electrons. The molecule has 2 N–H and O–H groups in total. The van der Waals surface area contributed by atoms with Gasteiger partial charge in [-0.15, -0.1) is 12.4 Å². The minimum Gasteiger partial charge on any atom is -0.392 e. The van der Waals surface area contributed by atoms with E-state index in [1.165, 1.54) is 22.5 Å². The van der Waals surface area contributed by atoms with Gasteiger partial charge in [-0.25, -0.2) is 8.70 Å². The third kappa shape index (κ3) is 4.19. The fraction of sp³-hybridized carbons (Fsp3) is 0.333. The highest BCUT2D eigenvalue weighted by atomic mass is 35.5. The summed E-state index contributed by atoms with van der Waals surface area (Å²) in [5.74, 6) is -0.611. The van der Waals surface area contributed by atoms with Gasteiger partial charge in [-0.1, -0.05) is 31.2 Å². The van der Waals surface area contributed by atoms with E-state index < -0.39 is 22.1 Å². The van der Waals surface area contributed by atoms with E-state index in [-0.39, 0.29) is 31.1 Å². The lowest BCUT2D eigenvalue weighted by atomic mass is 10.2. The molecule has 1 aliphatic heterocycles. The van der Waals surface area contributed by atoms with Crippen molar-refractivity contribution >= 4 is 39.7 Å². The Hall–Kier alpha value is -1.87. The first-order chi connectivity index (χ1) is 12.5. The number of halogens is 2. The van der Waals surface area contributed by atoms with Crippen LogP contribution in [0.1, 0.15) is 13.3 Å². The van der Waals surface area contributed by atoms with E-state index in [9.17, 15) is 17.9 Å². The number of anilines is 3. The van der Waals surface area contributed by atoms with Crippen LogP contribution in [0, 0.1) is 5.82 Å². The SMILES string of the molecule is CCNC[C@@H](O)CCN1c2ccccc2N(c2ccccc2F)S1(=O)=O.Cl. The predicted octanol–water partition coefficient (Wildman–Crippen LogP) is 2.81. The van der Waals surface area contributed by atoms with Crippen LogP contribution < -0.4 is 13.9 Å². The lowest BCUT2D eigenvalue weighted by Gasteiger charge is -2.23. The van der Waals surface area contributed by atoms with Gasteiger partial charge in [0.05, 0.1) is 23.2 Å². The molecule has 1 heterocycles. The average molecular weight is 416 g/mol. The van der Waals surface area contributed by atoms with Gasteiger partial charge in [0.15, 0.2) is 0 Å². The van der Waals surface area contributed by atoms with Crippen LogP contribution in [0.25, 0.3) is 0 Å². The van der Waals surface area contributed by atoms with Crippen molar-refractivity contribution in [2.45, 2.75) is 19.4 Å². The third-order valence-corrected chi connectivity index (χ3v) is 6.04. The molecule has 1 aliphatic rings. The van der Waals surface area contributed by atoms with Crippen LogP contribution >= 0.6 is 12.4 Å². The molecule has 0 saturated carbocycles. The van der Waals surface area contributed by atoms with Crippen molar-refractivity contribution in [2.75, 3.05) is 28.2 Å². The number of hydrogen-bond acceptors (Lipinski definition) is 4. The zero-order chi connectivity index (χ0) is 18.7. The summed E-state index contributed by atoms with van der Waals surface area (Å²) in [6.07, 6.45) is -0.397. The molecule has 0 bridgehead atoms. The number of nitrogens with zero attached hydrogens (tertiary/aromatic N) is 2.